The molecule has 1 amide bonds. The minimum Gasteiger partial charge on any atom is -0.337 e. The van der Waals surface area contributed by atoms with E-state index in [1.54, 1.807) is 0 Å². The highest BCUT2D eigenvalue weighted by Crippen LogP contribution is 2.36. The Balaban J connectivity index is 2.06. The molecule has 0 aliphatic carbocycles. The van der Waals surface area contributed by atoms with Crippen molar-refractivity contribution in [3.63, 3.8) is 0 Å². The number of halogens is 1. The van der Waals surface area contributed by atoms with Crippen LogP contribution in [0.5, 0.6) is 0 Å². The van der Waals surface area contributed by atoms with Gasteiger partial charge in [0.05, 0.1) is 0 Å². The zero-order chi connectivity index (χ0) is 12.5. The van der Waals surface area contributed by atoms with Crippen LogP contribution in [0.2, 0.25) is 0 Å². The Morgan fingerprint density at radius 3 is 2.65 bits per heavy atom. The highest BCUT2D eigenvalue weighted by molar-refractivity contribution is 9.09. The number of likely N-dealkylation sites (tertiary alicyclic amines) is 1. The highest BCUT2D eigenvalue weighted by atomic mass is 79.9. The molecular formula is C14H18BrNO. The summed E-state index contributed by atoms with van der Waals surface area (Å²) in [5, 5.41) is 0. The summed E-state index contributed by atoms with van der Waals surface area (Å²) < 4.78 is 0. The smallest absolute Gasteiger partial charge is 0.223 e. The van der Waals surface area contributed by atoms with E-state index < -0.39 is 0 Å². The van der Waals surface area contributed by atoms with E-state index in [1.165, 1.54) is 5.56 Å². The van der Waals surface area contributed by atoms with Gasteiger partial charge in [-0.1, -0.05) is 60.1 Å². The zero-order valence-electron chi connectivity index (χ0n) is 10.3. The Hall–Kier alpha value is -0.830. The van der Waals surface area contributed by atoms with Gasteiger partial charge in [0.25, 0.3) is 0 Å². The second kappa shape index (κ2) is 4.81. The van der Waals surface area contributed by atoms with Crippen LogP contribution in [0.4, 0.5) is 0 Å². The second-order valence-corrected chi connectivity index (χ2v) is 6.50. The Kier molecular flexibility index (Phi) is 3.57. The van der Waals surface area contributed by atoms with Crippen LogP contribution in [-0.2, 0) is 11.3 Å². The van der Waals surface area contributed by atoms with Crippen molar-refractivity contribution in [1.82, 2.24) is 4.90 Å². The highest BCUT2D eigenvalue weighted by Gasteiger charge is 2.38. The first-order valence-corrected chi connectivity index (χ1v) is 6.86. The van der Waals surface area contributed by atoms with Gasteiger partial charge in [0.1, 0.15) is 0 Å². The summed E-state index contributed by atoms with van der Waals surface area (Å²) in [6.07, 6.45) is 0.621. The molecule has 0 aromatic heterocycles. The fourth-order valence-corrected chi connectivity index (χ4v) is 2.62. The summed E-state index contributed by atoms with van der Waals surface area (Å²) in [4.78, 5) is 14.4. The molecule has 1 heterocycles. The number of benzene rings is 1. The molecule has 2 nitrogen and oxygen atoms in total. The summed E-state index contributed by atoms with van der Waals surface area (Å²) >= 11 is 3.70. The van der Waals surface area contributed by atoms with E-state index in [-0.39, 0.29) is 11.3 Å². The molecule has 0 spiro atoms. The SMILES string of the molecule is CC1(C)CC(=O)N(Cc2ccccc2)CC1Br. The van der Waals surface area contributed by atoms with Gasteiger partial charge in [0.2, 0.25) is 5.91 Å². The quantitative estimate of drug-likeness (QED) is 0.767. The number of hydrogen-bond acceptors (Lipinski definition) is 1. The monoisotopic (exact) mass is 295 g/mol. The van der Waals surface area contributed by atoms with Crippen LogP contribution in [-0.4, -0.2) is 22.2 Å². The standard InChI is InChI=1S/C14H18BrNO/c1-14(2)8-13(17)16(10-12(14)15)9-11-6-4-3-5-7-11/h3-7,12H,8-10H2,1-2H3. The molecule has 1 aromatic rings. The summed E-state index contributed by atoms with van der Waals surface area (Å²) in [7, 11) is 0. The number of amides is 1. The predicted molar refractivity (Wildman–Crippen MR) is 73.0 cm³/mol. The van der Waals surface area contributed by atoms with Crippen molar-refractivity contribution >= 4 is 21.8 Å². The van der Waals surface area contributed by atoms with Gasteiger partial charge in [-0.05, 0) is 11.0 Å². The van der Waals surface area contributed by atoms with Gasteiger partial charge in [-0.3, -0.25) is 4.79 Å². The van der Waals surface area contributed by atoms with Gasteiger partial charge < -0.3 is 4.90 Å². The van der Waals surface area contributed by atoms with E-state index in [9.17, 15) is 4.79 Å². The molecular weight excluding hydrogens is 278 g/mol. The number of carbonyl (C=O) groups is 1. The van der Waals surface area contributed by atoms with Crippen LogP contribution in [0.25, 0.3) is 0 Å². The first kappa shape index (κ1) is 12.6. The molecule has 0 bridgehead atoms. The number of rotatable bonds is 2. The van der Waals surface area contributed by atoms with E-state index >= 15 is 0 Å². The fourth-order valence-electron chi connectivity index (χ4n) is 2.11. The van der Waals surface area contributed by atoms with Gasteiger partial charge in [0.15, 0.2) is 0 Å². The van der Waals surface area contributed by atoms with Crippen molar-refractivity contribution in [1.29, 1.82) is 0 Å². The lowest BCUT2D eigenvalue weighted by molar-refractivity contribution is -0.137. The molecule has 0 saturated carbocycles. The topological polar surface area (TPSA) is 20.3 Å². The summed E-state index contributed by atoms with van der Waals surface area (Å²) in [6.45, 7) is 5.80. The molecule has 17 heavy (non-hydrogen) atoms. The van der Waals surface area contributed by atoms with E-state index in [0.717, 1.165) is 13.1 Å². The van der Waals surface area contributed by atoms with Gasteiger partial charge in [-0.2, -0.15) is 0 Å². The van der Waals surface area contributed by atoms with Crippen molar-refractivity contribution in [2.45, 2.75) is 31.6 Å². The third-order valence-electron chi connectivity index (χ3n) is 3.40. The van der Waals surface area contributed by atoms with Crippen molar-refractivity contribution < 1.29 is 4.79 Å². The lowest BCUT2D eigenvalue weighted by atomic mass is 9.82. The minimum absolute atomic E-state index is 0.0598. The van der Waals surface area contributed by atoms with E-state index in [1.807, 2.05) is 23.1 Å². The molecule has 3 heteroatoms. The number of nitrogens with zero attached hydrogens (tertiary/aromatic N) is 1. The van der Waals surface area contributed by atoms with E-state index in [4.69, 9.17) is 0 Å². The maximum Gasteiger partial charge on any atom is 0.223 e. The fraction of sp³-hybridized carbons (Fsp3) is 0.500. The van der Waals surface area contributed by atoms with Crippen LogP contribution in [0.1, 0.15) is 25.8 Å². The van der Waals surface area contributed by atoms with Crippen LogP contribution in [0.15, 0.2) is 30.3 Å². The molecule has 92 valence electrons. The molecule has 1 aliphatic heterocycles. The Morgan fingerprint density at radius 2 is 2.00 bits per heavy atom. The average molecular weight is 296 g/mol. The number of carbonyl (C=O) groups excluding carboxylic acids is 1. The van der Waals surface area contributed by atoms with E-state index in [2.05, 4.69) is 41.9 Å². The van der Waals surface area contributed by atoms with Crippen LogP contribution < -0.4 is 0 Å². The van der Waals surface area contributed by atoms with E-state index in [0.29, 0.717) is 11.2 Å². The van der Waals surface area contributed by atoms with Crippen molar-refractivity contribution in [3.8, 4) is 0 Å². The first-order valence-electron chi connectivity index (χ1n) is 5.95. The third kappa shape index (κ3) is 2.89. The van der Waals surface area contributed by atoms with Gasteiger partial charge >= 0.3 is 0 Å². The van der Waals surface area contributed by atoms with Gasteiger partial charge in [0, 0.05) is 24.3 Å². The molecule has 1 fully saturated rings. The van der Waals surface area contributed by atoms with Crippen molar-refractivity contribution in [2.24, 2.45) is 5.41 Å². The molecule has 1 aromatic carbocycles. The van der Waals surface area contributed by atoms with Gasteiger partial charge in [-0.25, -0.2) is 0 Å². The third-order valence-corrected chi connectivity index (χ3v) is 4.93. The molecule has 1 aliphatic rings. The number of alkyl halides is 1. The Bertz CT molecular complexity index is 402. The van der Waals surface area contributed by atoms with Crippen molar-refractivity contribution in [2.75, 3.05) is 6.54 Å². The molecule has 1 saturated heterocycles. The number of hydrogen-bond donors (Lipinski definition) is 0. The molecule has 1 atom stereocenters. The van der Waals surface area contributed by atoms with Gasteiger partial charge in [-0.15, -0.1) is 0 Å². The van der Waals surface area contributed by atoms with Crippen molar-refractivity contribution in [3.05, 3.63) is 35.9 Å². The summed E-state index contributed by atoms with van der Waals surface area (Å²) in [6, 6.07) is 10.2. The summed E-state index contributed by atoms with van der Waals surface area (Å²) in [5.41, 5.74) is 1.25. The minimum atomic E-state index is 0.0598. The summed E-state index contributed by atoms with van der Waals surface area (Å²) in [5.74, 6) is 0.259. The normalized spacial score (nSPS) is 23.8. The lowest BCUT2D eigenvalue weighted by Crippen LogP contribution is -2.48. The lowest BCUT2D eigenvalue weighted by Gasteiger charge is -2.40. The predicted octanol–water partition coefficient (Wildman–Crippen LogP) is 3.21. The first-order chi connectivity index (χ1) is 7.99. The largest absolute Gasteiger partial charge is 0.337 e. The van der Waals surface area contributed by atoms with Crippen LogP contribution in [0, 0.1) is 5.41 Å². The zero-order valence-corrected chi connectivity index (χ0v) is 11.9. The van der Waals surface area contributed by atoms with Crippen LogP contribution in [0.3, 0.4) is 0 Å². The molecule has 1 unspecified atom stereocenters. The molecule has 0 radical (unpaired) electrons. The maximum atomic E-state index is 12.1. The maximum absolute atomic E-state index is 12.1. The Morgan fingerprint density at radius 1 is 1.35 bits per heavy atom. The second-order valence-electron chi connectivity index (χ2n) is 5.39. The molecule has 2 rings (SSSR count). The van der Waals surface area contributed by atoms with Crippen LogP contribution >= 0.6 is 15.9 Å². The molecule has 0 N–H and O–H groups in total. The Labute approximate surface area is 111 Å². The number of piperidine rings is 1. The average Bonchev–Trinajstić information content (AvgIpc) is 2.27.